The Morgan fingerprint density at radius 1 is 1.62 bits per heavy atom. The first-order chi connectivity index (χ1) is 7.49. The van der Waals surface area contributed by atoms with Crippen molar-refractivity contribution in [3.05, 3.63) is 34.1 Å². The van der Waals surface area contributed by atoms with Gasteiger partial charge in [0.05, 0.1) is 12.5 Å². The number of halogens is 2. The summed E-state index contributed by atoms with van der Waals surface area (Å²) in [5, 5.41) is 11.5. The Hall–Kier alpha value is -0.940. The molecule has 3 nitrogen and oxygen atoms in total. The van der Waals surface area contributed by atoms with Crippen LogP contribution in [0.4, 0.5) is 4.39 Å². The van der Waals surface area contributed by atoms with Gasteiger partial charge in [-0.3, -0.25) is 4.79 Å². The van der Waals surface area contributed by atoms with Crippen molar-refractivity contribution in [1.29, 1.82) is 0 Å². The normalized spacial score (nSPS) is 12.2. The molecule has 2 N–H and O–H groups in total. The summed E-state index contributed by atoms with van der Waals surface area (Å²) in [7, 11) is 0. The number of aliphatic hydroxyl groups excluding tert-OH is 1. The van der Waals surface area contributed by atoms with E-state index in [0.717, 1.165) is 0 Å². The first kappa shape index (κ1) is 13.1. The summed E-state index contributed by atoms with van der Waals surface area (Å²) < 4.78 is 13.6. The molecule has 1 aromatic rings. The molecule has 16 heavy (non-hydrogen) atoms. The fourth-order valence-electron chi connectivity index (χ4n) is 1.18. The second-order valence-electron chi connectivity index (χ2n) is 3.57. The summed E-state index contributed by atoms with van der Waals surface area (Å²) in [6, 6.07) is 4.19. The SMILES string of the molecule is CC(O)CNC(=O)Cc1cc(F)ccc1Br. The average Bonchev–Trinajstić information content (AvgIpc) is 2.20. The number of rotatable bonds is 4. The van der Waals surface area contributed by atoms with E-state index in [1.807, 2.05) is 0 Å². The average molecular weight is 290 g/mol. The molecule has 1 aromatic carbocycles. The highest BCUT2D eigenvalue weighted by molar-refractivity contribution is 9.10. The molecule has 0 spiro atoms. The Labute approximate surface area is 102 Å². The van der Waals surface area contributed by atoms with Gasteiger partial charge in [-0.25, -0.2) is 4.39 Å². The molecule has 0 aliphatic carbocycles. The van der Waals surface area contributed by atoms with Gasteiger partial charge in [0.2, 0.25) is 5.91 Å². The second-order valence-corrected chi connectivity index (χ2v) is 4.42. The molecule has 5 heteroatoms. The van der Waals surface area contributed by atoms with Gasteiger partial charge in [-0.15, -0.1) is 0 Å². The molecule has 0 aliphatic rings. The maximum absolute atomic E-state index is 12.9. The van der Waals surface area contributed by atoms with Crippen molar-refractivity contribution < 1.29 is 14.3 Å². The van der Waals surface area contributed by atoms with Gasteiger partial charge >= 0.3 is 0 Å². The summed E-state index contributed by atoms with van der Waals surface area (Å²) >= 11 is 3.24. The van der Waals surface area contributed by atoms with Gasteiger partial charge in [0.15, 0.2) is 0 Å². The van der Waals surface area contributed by atoms with Gasteiger partial charge in [0.1, 0.15) is 5.82 Å². The Morgan fingerprint density at radius 3 is 2.94 bits per heavy atom. The monoisotopic (exact) mass is 289 g/mol. The Kier molecular flexibility index (Phi) is 4.89. The molecule has 0 fully saturated rings. The van der Waals surface area contributed by atoms with Crippen LogP contribution in [0.5, 0.6) is 0 Å². The predicted molar refractivity (Wildman–Crippen MR) is 62.5 cm³/mol. The van der Waals surface area contributed by atoms with Crippen molar-refractivity contribution in [2.75, 3.05) is 6.54 Å². The van der Waals surface area contributed by atoms with Crippen molar-refractivity contribution >= 4 is 21.8 Å². The van der Waals surface area contributed by atoms with Crippen LogP contribution in [0.3, 0.4) is 0 Å². The Bertz CT molecular complexity index is 382. The number of carbonyl (C=O) groups excluding carboxylic acids is 1. The van der Waals surface area contributed by atoms with Crippen molar-refractivity contribution in [2.45, 2.75) is 19.4 Å². The van der Waals surface area contributed by atoms with E-state index < -0.39 is 6.10 Å². The lowest BCUT2D eigenvalue weighted by Crippen LogP contribution is -2.31. The quantitative estimate of drug-likeness (QED) is 0.885. The van der Waals surface area contributed by atoms with Crippen LogP contribution < -0.4 is 5.32 Å². The molecule has 0 bridgehead atoms. The first-order valence-corrected chi connectivity index (χ1v) is 5.67. The summed E-state index contributed by atoms with van der Waals surface area (Å²) in [5.41, 5.74) is 0.586. The molecule has 1 atom stereocenters. The van der Waals surface area contributed by atoms with E-state index in [0.29, 0.717) is 10.0 Å². The maximum Gasteiger partial charge on any atom is 0.224 e. The summed E-state index contributed by atoms with van der Waals surface area (Å²) in [4.78, 5) is 11.4. The van der Waals surface area contributed by atoms with E-state index in [9.17, 15) is 9.18 Å². The third-order valence-corrected chi connectivity index (χ3v) is 2.73. The van der Waals surface area contributed by atoms with E-state index >= 15 is 0 Å². The summed E-state index contributed by atoms with van der Waals surface area (Å²) in [6.07, 6.45) is -0.495. The topological polar surface area (TPSA) is 49.3 Å². The maximum atomic E-state index is 12.9. The zero-order chi connectivity index (χ0) is 12.1. The van der Waals surface area contributed by atoms with Crippen LogP contribution in [0.15, 0.2) is 22.7 Å². The van der Waals surface area contributed by atoms with Gasteiger partial charge in [0, 0.05) is 11.0 Å². The van der Waals surface area contributed by atoms with Crippen LogP contribution in [-0.4, -0.2) is 23.7 Å². The van der Waals surface area contributed by atoms with Crippen LogP contribution in [0, 0.1) is 5.82 Å². The van der Waals surface area contributed by atoms with Crippen molar-refractivity contribution in [3.63, 3.8) is 0 Å². The van der Waals surface area contributed by atoms with Crippen LogP contribution in [0.25, 0.3) is 0 Å². The number of nitrogens with one attached hydrogen (secondary N) is 1. The van der Waals surface area contributed by atoms with Gasteiger partial charge in [-0.05, 0) is 30.7 Å². The number of benzene rings is 1. The Morgan fingerprint density at radius 2 is 2.31 bits per heavy atom. The van der Waals surface area contributed by atoms with E-state index in [2.05, 4.69) is 21.2 Å². The minimum Gasteiger partial charge on any atom is -0.392 e. The molecule has 0 saturated carbocycles. The highest BCUT2D eigenvalue weighted by Gasteiger charge is 2.08. The van der Waals surface area contributed by atoms with Crippen molar-refractivity contribution in [1.82, 2.24) is 5.32 Å². The molecular weight excluding hydrogens is 277 g/mol. The zero-order valence-electron chi connectivity index (χ0n) is 8.84. The summed E-state index contributed by atoms with van der Waals surface area (Å²) in [6.45, 7) is 1.78. The number of aliphatic hydroxyl groups is 1. The molecule has 88 valence electrons. The second kappa shape index (κ2) is 5.96. The van der Waals surface area contributed by atoms with Crippen LogP contribution in [0.2, 0.25) is 0 Å². The fourth-order valence-corrected chi connectivity index (χ4v) is 1.56. The van der Waals surface area contributed by atoms with Gasteiger partial charge < -0.3 is 10.4 Å². The molecule has 0 radical (unpaired) electrons. The van der Waals surface area contributed by atoms with Crippen LogP contribution >= 0.6 is 15.9 Å². The molecule has 0 heterocycles. The first-order valence-electron chi connectivity index (χ1n) is 4.87. The molecule has 0 saturated heterocycles. The molecule has 0 aliphatic heterocycles. The number of hydrogen-bond donors (Lipinski definition) is 2. The zero-order valence-corrected chi connectivity index (χ0v) is 10.4. The lowest BCUT2D eigenvalue weighted by atomic mass is 10.1. The third kappa shape index (κ3) is 4.28. The van der Waals surface area contributed by atoms with Gasteiger partial charge in [0.25, 0.3) is 0 Å². The number of carbonyl (C=O) groups is 1. The molecular formula is C11H13BrFNO2. The smallest absolute Gasteiger partial charge is 0.224 e. The number of amides is 1. The van der Waals surface area contributed by atoms with Crippen molar-refractivity contribution in [3.8, 4) is 0 Å². The van der Waals surface area contributed by atoms with Crippen LogP contribution in [-0.2, 0) is 11.2 Å². The molecule has 1 amide bonds. The lowest BCUT2D eigenvalue weighted by Gasteiger charge is -2.08. The predicted octanol–water partition coefficient (Wildman–Crippen LogP) is 1.63. The number of hydrogen-bond acceptors (Lipinski definition) is 2. The molecule has 0 aromatic heterocycles. The van der Waals surface area contributed by atoms with E-state index in [1.165, 1.54) is 12.1 Å². The Balaban J connectivity index is 2.59. The molecule has 1 unspecified atom stereocenters. The van der Waals surface area contributed by atoms with E-state index in [1.54, 1.807) is 13.0 Å². The van der Waals surface area contributed by atoms with E-state index in [-0.39, 0.29) is 24.7 Å². The highest BCUT2D eigenvalue weighted by Crippen LogP contribution is 2.18. The highest BCUT2D eigenvalue weighted by atomic mass is 79.9. The minimum absolute atomic E-state index is 0.0884. The van der Waals surface area contributed by atoms with Gasteiger partial charge in [-0.2, -0.15) is 0 Å². The summed E-state index contributed by atoms with van der Waals surface area (Å²) in [5.74, 6) is -0.617. The fraction of sp³-hybridized carbons (Fsp3) is 0.364. The standard InChI is InChI=1S/C11H13BrFNO2/c1-7(15)6-14-11(16)5-8-4-9(13)2-3-10(8)12/h2-4,7,15H,5-6H2,1H3,(H,14,16). The van der Waals surface area contributed by atoms with Crippen molar-refractivity contribution in [2.24, 2.45) is 0 Å². The third-order valence-electron chi connectivity index (χ3n) is 1.95. The minimum atomic E-state index is -0.583. The lowest BCUT2D eigenvalue weighted by molar-refractivity contribution is -0.120. The van der Waals surface area contributed by atoms with Gasteiger partial charge in [-0.1, -0.05) is 15.9 Å². The van der Waals surface area contributed by atoms with E-state index in [4.69, 9.17) is 5.11 Å². The molecule has 1 rings (SSSR count). The largest absolute Gasteiger partial charge is 0.392 e. The van der Waals surface area contributed by atoms with Crippen LogP contribution in [0.1, 0.15) is 12.5 Å².